The molecule has 206 valence electrons. The van der Waals surface area contributed by atoms with E-state index in [1.807, 2.05) is 28.8 Å². The van der Waals surface area contributed by atoms with E-state index in [1.165, 1.54) is 18.2 Å². The molecule has 0 radical (unpaired) electrons. The quantitative estimate of drug-likeness (QED) is 0.324. The number of methoxy groups -OCH3 is 1. The van der Waals surface area contributed by atoms with E-state index in [0.717, 1.165) is 29.9 Å². The molecule has 1 N–H and O–H groups in total. The maximum atomic E-state index is 15.6. The van der Waals surface area contributed by atoms with Crippen LogP contribution in [0, 0.1) is 5.82 Å². The van der Waals surface area contributed by atoms with Crippen molar-refractivity contribution < 1.29 is 23.5 Å². The number of benzene rings is 1. The van der Waals surface area contributed by atoms with Gasteiger partial charge in [-0.15, -0.1) is 0 Å². The first-order valence-electron chi connectivity index (χ1n) is 13.1. The van der Waals surface area contributed by atoms with E-state index in [4.69, 9.17) is 26.1 Å². The molecular formula is C29H27ClFN5O4. The number of ether oxygens (including phenoxy) is 2. The van der Waals surface area contributed by atoms with Crippen LogP contribution in [-0.4, -0.2) is 57.4 Å². The first kappa shape index (κ1) is 26.2. The maximum Gasteiger partial charge on any atom is 0.270 e. The topological polar surface area (TPSA) is 98.1 Å². The van der Waals surface area contributed by atoms with E-state index in [2.05, 4.69) is 10.3 Å². The van der Waals surface area contributed by atoms with Gasteiger partial charge in [0.15, 0.2) is 17.5 Å². The fourth-order valence-corrected chi connectivity index (χ4v) is 5.25. The molecule has 2 amide bonds. The normalized spacial score (nSPS) is 16.6. The Kier molecular flexibility index (Phi) is 7.12. The Labute approximate surface area is 234 Å². The van der Waals surface area contributed by atoms with Crippen molar-refractivity contribution in [1.29, 1.82) is 0 Å². The van der Waals surface area contributed by atoms with Gasteiger partial charge in [0.05, 0.1) is 18.0 Å². The molecule has 4 heterocycles. The van der Waals surface area contributed by atoms with Crippen LogP contribution >= 0.6 is 11.6 Å². The third-order valence-corrected chi connectivity index (χ3v) is 7.38. The number of hydrogen-bond acceptors (Lipinski definition) is 6. The van der Waals surface area contributed by atoms with E-state index in [0.29, 0.717) is 24.1 Å². The van der Waals surface area contributed by atoms with Crippen LogP contribution in [0.4, 0.5) is 4.39 Å². The SMILES string of the molecule is COCc1ccc(C2c3c(nc4ccccn34)CCN2C(=O)COc2ccc(C(=O)NC3CC3)nc2Cl)c(F)c1. The molecule has 9 nitrogen and oxygen atoms in total. The van der Waals surface area contributed by atoms with Gasteiger partial charge in [0.1, 0.15) is 23.2 Å². The number of imidazole rings is 1. The molecule has 40 heavy (non-hydrogen) atoms. The van der Waals surface area contributed by atoms with Crippen LogP contribution in [0.25, 0.3) is 5.65 Å². The number of halogens is 2. The van der Waals surface area contributed by atoms with Gasteiger partial charge >= 0.3 is 0 Å². The second-order valence-corrected chi connectivity index (χ2v) is 10.3. The van der Waals surface area contributed by atoms with E-state index in [1.54, 1.807) is 24.1 Å². The number of carbonyl (C=O) groups is 2. The van der Waals surface area contributed by atoms with Crippen LogP contribution in [0.5, 0.6) is 5.75 Å². The monoisotopic (exact) mass is 563 g/mol. The number of amides is 2. The molecule has 1 saturated carbocycles. The third-order valence-electron chi connectivity index (χ3n) is 7.10. The second-order valence-electron chi connectivity index (χ2n) is 9.92. The molecule has 1 unspecified atom stereocenters. The predicted octanol–water partition coefficient (Wildman–Crippen LogP) is 4.11. The van der Waals surface area contributed by atoms with Crippen molar-refractivity contribution >= 4 is 29.1 Å². The second kappa shape index (κ2) is 10.9. The van der Waals surface area contributed by atoms with Crippen molar-refractivity contribution in [2.75, 3.05) is 20.3 Å². The maximum absolute atomic E-state index is 15.6. The fraction of sp³-hybridized carbons (Fsp3) is 0.310. The molecule has 0 spiro atoms. The molecule has 11 heteroatoms. The van der Waals surface area contributed by atoms with E-state index < -0.39 is 11.9 Å². The zero-order valence-corrected chi connectivity index (χ0v) is 22.5. The van der Waals surface area contributed by atoms with E-state index in [-0.39, 0.29) is 47.7 Å². The van der Waals surface area contributed by atoms with Gasteiger partial charge in [-0.05, 0) is 48.7 Å². The molecule has 0 bridgehead atoms. The first-order valence-corrected chi connectivity index (χ1v) is 13.4. The highest BCUT2D eigenvalue weighted by Gasteiger charge is 2.37. The molecule has 4 aromatic rings. The number of nitrogens with one attached hydrogen (secondary N) is 1. The summed E-state index contributed by atoms with van der Waals surface area (Å²) in [7, 11) is 1.55. The largest absolute Gasteiger partial charge is 0.481 e. The Morgan fingerprint density at radius 1 is 1.15 bits per heavy atom. The number of nitrogens with zero attached hydrogens (tertiary/aromatic N) is 4. The fourth-order valence-electron chi connectivity index (χ4n) is 5.04. The molecule has 3 aromatic heterocycles. The average Bonchev–Trinajstić information content (AvgIpc) is 3.68. The lowest BCUT2D eigenvalue weighted by Crippen LogP contribution is -2.43. The van der Waals surface area contributed by atoms with Crippen molar-refractivity contribution in [3.63, 3.8) is 0 Å². The summed E-state index contributed by atoms with van der Waals surface area (Å²) in [6.07, 6.45) is 4.29. The van der Waals surface area contributed by atoms with Gasteiger partial charge in [-0.3, -0.25) is 9.59 Å². The molecule has 1 atom stereocenters. The molecule has 1 fully saturated rings. The van der Waals surface area contributed by atoms with Crippen LogP contribution < -0.4 is 10.1 Å². The Balaban J connectivity index is 1.28. The average molecular weight is 564 g/mol. The van der Waals surface area contributed by atoms with Crippen molar-refractivity contribution in [3.8, 4) is 5.75 Å². The Bertz CT molecular complexity index is 1600. The van der Waals surface area contributed by atoms with Crippen molar-refractivity contribution in [1.82, 2.24) is 24.6 Å². The third kappa shape index (κ3) is 5.12. The summed E-state index contributed by atoms with van der Waals surface area (Å²) >= 11 is 6.29. The summed E-state index contributed by atoms with van der Waals surface area (Å²) in [5.41, 5.74) is 3.50. The highest BCUT2D eigenvalue weighted by atomic mass is 35.5. The molecule has 1 aromatic carbocycles. The Morgan fingerprint density at radius 3 is 2.75 bits per heavy atom. The van der Waals surface area contributed by atoms with Crippen molar-refractivity contribution in [3.05, 3.63) is 93.9 Å². The summed E-state index contributed by atoms with van der Waals surface area (Å²) in [5.74, 6) is -0.916. The minimum Gasteiger partial charge on any atom is -0.481 e. The summed E-state index contributed by atoms with van der Waals surface area (Å²) in [6.45, 7) is 0.255. The van der Waals surface area contributed by atoms with Gasteiger partial charge in [0.2, 0.25) is 0 Å². The van der Waals surface area contributed by atoms with Crippen molar-refractivity contribution in [2.45, 2.75) is 38.0 Å². The molecule has 1 aliphatic heterocycles. The summed E-state index contributed by atoms with van der Waals surface area (Å²) in [5, 5.41) is 2.84. The number of carbonyl (C=O) groups excluding carboxylic acids is 2. The number of aromatic nitrogens is 3. The predicted molar refractivity (Wildman–Crippen MR) is 145 cm³/mol. The standard InChI is InChI=1S/C29H27ClFN5O4/c1-39-15-17-5-8-19(20(31)14-17)26-27-21(33-24-4-2-3-12-35(24)27)11-13-36(26)25(37)16-40-23-10-9-22(34-28(23)30)29(38)32-18-6-7-18/h2-5,8-10,12,14,18,26H,6-7,11,13,15-16H2,1H3,(H,32,38). The number of rotatable bonds is 8. The highest BCUT2D eigenvalue weighted by Crippen LogP contribution is 2.37. The lowest BCUT2D eigenvalue weighted by atomic mass is 9.94. The summed E-state index contributed by atoms with van der Waals surface area (Å²) in [6, 6.07) is 13.1. The summed E-state index contributed by atoms with van der Waals surface area (Å²) < 4.78 is 28.4. The molecule has 0 saturated heterocycles. The Hall–Kier alpha value is -4.02. The van der Waals surface area contributed by atoms with Gasteiger partial charge in [0, 0.05) is 37.9 Å². The van der Waals surface area contributed by atoms with Crippen LogP contribution in [0.3, 0.4) is 0 Å². The minimum atomic E-state index is -0.726. The first-order chi connectivity index (χ1) is 19.4. The Morgan fingerprint density at radius 2 is 2.00 bits per heavy atom. The van der Waals surface area contributed by atoms with Gasteiger partial charge in [0.25, 0.3) is 11.8 Å². The minimum absolute atomic E-state index is 0.0183. The van der Waals surface area contributed by atoms with Crippen LogP contribution in [-0.2, 0) is 22.6 Å². The summed E-state index contributed by atoms with van der Waals surface area (Å²) in [4.78, 5) is 36.4. The zero-order valence-electron chi connectivity index (χ0n) is 21.8. The van der Waals surface area contributed by atoms with Crippen molar-refractivity contribution in [2.24, 2.45) is 0 Å². The molecule has 6 rings (SSSR count). The number of hydrogen-bond donors (Lipinski definition) is 1. The van der Waals surface area contributed by atoms with Crippen LogP contribution in [0.2, 0.25) is 5.15 Å². The van der Waals surface area contributed by atoms with Gasteiger partial charge in [-0.1, -0.05) is 29.8 Å². The van der Waals surface area contributed by atoms with Gasteiger partial charge < -0.3 is 24.1 Å². The lowest BCUT2D eigenvalue weighted by molar-refractivity contribution is -0.135. The van der Waals surface area contributed by atoms with E-state index in [9.17, 15) is 9.59 Å². The molecule has 1 aliphatic carbocycles. The zero-order chi connectivity index (χ0) is 27.8. The molecular weight excluding hydrogens is 537 g/mol. The van der Waals surface area contributed by atoms with E-state index >= 15 is 4.39 Å². The van der Waals surface area contributed by atoms with Gasteiger partial charge in [-0.2, -0.15) is 0 Å². The smallest absolute Gasteiger partial charge is 0.270 e. The molecule has 2 aliphatic rings. The van der Waals surface area contributed by atoms with Crippen LogP contribution in [0.1, 0.15) is 51.9 Å². The lowest BCUT2D eigenvalue weighted by Gasteiger charge is -2.36. The van der Waals surface area contributed by atoms with Crippen LogP contribution in [0.15, 0.2) is 54.7 Å². The highest BCUT2D eigenvalue weighted by molar-refractivity contribution is 6.31. The van der Waals surface area contributed by atoms with Gasteiger partial charge in [-0.25, -0.2) is 14.4 Å². The number of fused-ring (bicyclic) bond motifs is 3. The number of pyridine rings is 2.